The molecule has 0 saturated heterocycles. The molecule has 1 saturated carbocycles. The van der Waals surface area contributed by atoms with Crippen molar-refractivity contribution >= 4 is 0 Å². The van der Waals surface area contributed by atoms with E-state index in [4.69, 9.17) is 0 Å². The topological polar surface area (TPSA) is 3.24 Å². The van der Waals surface area contributed by atoms with Gasteiger partial charge in [-0.25, -0.2) is 0 Å². The maximum absolute atomic E-state index is 11.1. The molecule has 1 aliphatic rings. The minimum Gasteiger partial charge on any atom is -0.101 e. The van der Waals surface area contributed by atoms with Crippen LogP contribution in [0.1, 0.15) is 12.8 Å². The molecule has 6 heavy (non-hydrogen) atoms. The Morgan fingerprint density at radius 1 is 1.33 bits per heavy atom. The van der Waals surface area contributed by atoms with Crippen LogP contribution in [0.15, 0.2) is 0 Å². The number of hydrogen-bond donors (Lipinski definition) is 0. The molecule has 0 atom stereocenters. The molecule has 36 valence electrons. The van der Waals surface area contributed by atoms with E-state index in [0.717, 1.165) is 0 Å². The largest absolute Gasteiger partial charge is 0.101 e. The van der Waals surface area contributed by atoms with Crippen LogP contribution in [0.3, 0.4) is 0 Å². The van der Waals surface area contributed by atoms with Crippen LogP contribution in [0.2, 0.25) is 0 Å². The number of rotatable bonds is 1. The van der Waals surface area contributed by atoms with E-state index in [1.165, 1.54) is 0 Å². The van der Waals surface area contributed by atoms with Crippen LogP contribution in [0, 0.1) is 0 Å². The average Bonchev–Trinajstić information content (AvgIpc) is 2.06. The average molecular weight is 93.1 g/mol. The van der Waals surface area contributed by atoms with Crippen LogP contribution in [-0.4, -0.2) is 11.4 Å². The standard InChI is InChI=1S/C3H5F2N/c4-6(5)3-1-2-3/h3H,1-2H2. The zero-order chi connectivity index (χ0) is 4.57. The summed E-state index contributed by atoms with van der Waals surface area (Å²) in [6.07, 6.45) is 1.35. The molecule has 0 spiro atoms. The molecule has 0 aliphatic heterocycles. The second-order valence-corrected chi connectivity index (χ2v) is 1.49. The molecule has 0 aromatic rings. The van der Waals surface area contributed by atoms with Gasteiger partial charge in [-0.2, -0.15) is 0 Å². The molecule has 0 aromatic carbocycles. The van der Waals surface area contributed by atoms with Crippen LogP contribution in [0.5, 0.6) is 0 Å². The number of hydrogen-bond acceptors (Lipinski definition) is 1. The monoisotopic (exact) mass is 93.0 g/mol. The third-order valence-electron chi connectivity index (χ3n) is 0.823. The molecule has 0 amide bonds. The van der Waals surface area contributed by atoms with Crippen LogP contribution < -0.4 is 0 Å². The van der Waals surface area contributed by atoms with Gasteiger partial charge in [0.1, 0.15) is 0 Å². The van der Waals surface area contributed by atoms with E-state index in [0.29, 0.717) is 12.8 Å². The minimum atomic E-state index is -0.722. The minimum absolute atomic E-state index is 0.398. The molecule has 0 radical (unpaired) electrons. The zero-order valence-electron chi connectivity index (χ0n) is 3.19. The summed E-state index contributed by atoms with van der Waals surface area (Å²) in [5, 5.41) is -0.722. The van der Waals surface area contributed by atoms with Crippen LogP contribution in [0.25, 0.3) is 0 Å². The first-order chi connectivity index (χ1) is 2.80. The maximum Gasteiger partial charge on any atom is 0.0731 e. The lowest BCUT2D eigenvalue weighted by Gasteiger charge is -1.89. The van der Waals surface area contributed by atoms with Gasteiger partial charge in [0, 0.05) is 5.34 Å². The van der Waals surface area contributed by atoms with E-state index < -0.39 is 11.4 Å². The van der Waals surface area contributed by atoms with Crippen molar-refractivity contribution in [1.82, 2.24) is 5.34 Å². The smallest absolute Gasteiger partial charge is 0.0731 e. The number of nitrogens with zero attached hydrogens (tertiary/aromatic N) is 1. The van der Waals surface area contributed by atoms with E-state index in [2.05, 4.69) is 0 Å². The van der Waals surface area contributed by atoms with Crippen molar-refractivity contribution in [2.75, 3.05) is 0 Å². The molecule has 1 fully saturated rings. The lowest BCUT2D eigenvalue weighted by molar-refractivity contribution is -0.161. The lowest BCUT2D eigenvalue weighted by Crippen LogP contribution is -2.00. The van der Waals surface area contributed by atoms with Crippen LogP contribution in [0.4, 0.5) is 8.96 Å². The zero-order valence-corrected chi connectivity index (χ0v) is 3.19. The summed E-state index contributed by atoms with van der Waals surface area (Å²) in [5.41, 5.74) is 0. The van der Waals surface area contributed by atoms with Crippen LogP contribution in [-0.2, 0) is 0 Å². The highest BCUT2D eigenvalue weighted by molar-refractivity contribution is 4.75. The maximum atomic E-state index is 11.1. The van der Waals surface area contributed by atoms with Gasteiger partial charge < -0.3 is 0 Å². The van der Waals surface area contributed by atoms with Gasteiger partial charge in [-0.1, -0.05) is 0 Å². The van der Waals surface area contributed by atoms with Gasteiger partial charge in [0.05, 0.1) is 6.04 Å². The second-order valence-electron chi connectivity index (χ2n) is 1.49. The third kappa shape index (κ3) is 0.653. The molecule has 1 aliphatic carbocycles. The van der Waals surface area contributed by atoms with E-state index in [1.54, 1.807) is 0 Å². The predicted molar refractivity (Wildman–Crippen MR) is 17.1 cm³/mol. The van der Waals surface area contributed by atoms with Gasteiger partial charge in [-0.15, -0.1) is 8.96 Å². The van der Waals surface area contributed by atoms with E-state index >= 15 is 0 Å². The highest BCUT2D eigenvalue weighted by Gasteiger charge is 2.29. The van der Waals surface area contributed by atoms with Gasteiger partial charge in [-0.05, 0) is 12.8 Å². The summed E-state index contributed by atoms with van der Waals surface area (Å²) in [5.74, 6) is 0. The molecular weight excluding hydrogens is 88.0 g/mol. The first-order valence-electron chi connectivity index (χ1n) is 1.91. The third-order valence-corrected chi connectivity index (χ3v) is 0.823. The molecule has 0 bridgehead atoms. The van der Waals surface area contributed by atoms with Gasteiger partial charge in [0.25, 0.3) is 0 Å². The molecule has 0 unspecified atom stereocenters. The van der Waals surface area contributed by atoms with Gasteiger partial charge >= 0.3 is 0 Å². The van der Waals surface area contributed by atoms with Crippen molar-refractivity contribution < 1.29 is 8.96 Å². The van der Waals surface area contributed by atoms with Crippen molar-refractivity contribution in [3.63, 3.8) is 0 Å². The molecule has 0 aromatic heterocycles. The molecule has 0 N–H and O–H groups in total. The fourth-order valence-corrected chi connectivity index (χ4v) is 0.270. The van der Waals surface area contributed by atoms with Crippen molar-refractivity contribution in [3.8, 4) is 0 Å². The van der Waals surface area contributed by atoms with Gasteiger partial charge in [0.15, 0.2) is 0 Å². The molecule has 1 nitrogen and oxygen atoms in total. The highest BCUT2D eigenvalue weighted by Crippen LogP contribution is 2.26. The molecule has 0 heterocycles. The second kappa shape index (κ2) is 1.15. The summed E-state index contributed by atoms with van der Waals surface area (Å²) in [6.45, 7) is 0. The Morgan fingerprint density at radius 2 is 1.83 bits per heavy atom. The summed E-state index contributed by atoms with van der Waals surface area (Å²) >= 11 is 0. The van der Waals surface area contributed by atoms with Gasteiger partial charge in [0.2, 0.25) is 0 Å². The number of halogens is 2. The summed E-state index contributed by atoms with van der Waals surface area (Å²) in [6, 6.07) is -0.398. The van der Waals surface area contributed by atoms with Crippen molar-refractivity contribution in [1.29, 1.82) is 0 Å². The Balaban J connectivity index is 2.13. The van der Waals surface area contributed by atoms with Gasteiger partial charge in [-0.3, -0.25) is 0 Å². The molecule has 3 heteroatoms. The molecule has 1 rings (SSSR count). The SMILES string of the molecule is FN(F)C1CC1. The first kappa shape index (κ1) is 3.99. The van der Waals surface area contributed by atoms with Crippen molar-refractivity contribution in [3.05, 3.63) is 0 Å². The summed E-state index contributed by atoms with van der Waals surface area (Å²) < 4.78 is 22.1. The van der Waals surface area contributed by atoms with E-state index in [9.17, 15) is 8.96 Å². The Bertz CT molecular complexity index is 50.8. The fourth-order valence-electron chi connectivity index (χ4n) is 0.270. The summed E-state index contributed by atoms with van der Waals surface area (Å²) in [7, 11) is 0. The normalized spacial score (nSPS) is 22.5. The van der Waals surface area contributed by atoms with E-state index in [-0.39, 0.29) is 0 Å². The Morgan fingerprint density at radius 3 is 1.83 bits per heavy atom. The van der Waals surface area contributed by atoms with Crippen molar-refractivity contribution in [2.45, 2.75) is 18.9 Å². The fraction of sp³-hybridized carbons (Fsp3) is 1.00. The summed E-state index contributed by atoms with van der Waals surface area (Å²) in [4.78, 5) is 0. The highest BCUT2D eigenvalue weighted by atomic mass is 19.4. The van der Waals surface area contributed by atoms with E-state index in [1.807, 2.05) is 0 Å². The first-order valence-corrected chi connectivity index (χ1v) is 1.91. The quantitative estimate of drug-likeness (QED) is 0.440. The Hall–Kier alpha value is -0.180. The Labute approximate surface area is 34.4 Å². The Kier molecular flexibility index (Phi) is 0.765. The lowest BCUT2D eigenvalue weighted by atomic mass is 10.8. The van der Waals surface area contributed by atoms with Crippen LogP contribution >= 0.6 is 0 Å². The predicted octanol–water partition coefficient (Wildman–Crippen LogP) is 1.22. The van der Waals surface area contributed by atoms with Crippen molar-refractivity contribution in [2.24, 2.45) is 0 Å². The molecular formula is C3H5F2N.